The van der Waals surface area contributed by atoms with Gasteiger partial charge in [-0.2, -0.15) is 0 Å². The summed E-state index contributed by atoms with van der Waals surface area (Å²) in [6.07, 6.45) is 1.14. The van der Waals surface area contributed by atoms with Crippen LogP contribution in [0.4, 0.5) is 0 Å². The molecule has 2 aliphatic rings. The van der Waals surface area contributed by atoms with E-state index in [0.29, 0.717) is 18.8 Å². The van der Waals surface area contributed by atoms with Crippen molar-refractivity contribution in [1.82, 2.24) is 4.90 Å². The molecular formula is C29H29NO5. The second-order valence-corrected chi connectivity index (χ2v) is 9.19. The van der Waals surface area contributed by atoms with E-state index in [4.69, 9.17) is 9.47 Å². The molecule has 0 radical (unpaired) electrons. The minimum atomic E-state index is -0.399. The largest absolute Gasteiger partial charge is 0.508 e. The van der Waals surface area contributed by atoms with Crippen molar-refractivity contribution < 1.29 is 24.5 Å². The van der Waals surface area contributed by atoms with Crippen LogP contribution >= 0.6 is 0 Å². The Bertz CT molecular complexity index is 1280. The zero-order valence-electron chi connectivity index (χ0n) is 19.9. The number of benzene rings is 3. The molecule has 6 nitrogen and oxygen atoms in total. The minimum Gasteiger partial charge on any atom is -0.508 e. The first kappa shape index (κ1) is 22.8. The summed E-state index contributed by atoms with van der Waals surface area (Å²) in [6.45, 7) is 5.25. The molecule has 35 heavy (non-hydrogen) atoms. The SMILES string of the molecule is CC1=C(c2cccc(O)c2)C(c2ccc(OCC(C)N3CCCC3=O)cc2)Oc2ccc(O)cc21. The van der Waals surface area contributed by atoms with Crippen LogP contribution in [-0.4, -0.2) is 40.2 Å². The van der Waals surface area contributed by atoms with Crippen molar-refractivity contribution in [3.63, 3.8) is 0 Å². The molecule has 1 saturated heterocycles. The van der Waals surface area contributed by atoms with Gasteiger partial charge in [-0.3, -0.25) is 4.79 Å². The van der Waals surface area contributed by atoms with Crippen molar-refractivity contribution in [2.75, 3.05) is 13.2 Å². The Kier molecular flexibility index (Phi) is 6.12. The molecule has 2 heterocycles. The van der Waals surface area contributed by atoms with Gasteiger partial charge in [-0.15, -0.1) is 0 Å². The van der Waals surface area contributed by atoms with E-state index in [0.717, 1.165) is 46.6 Å². The fourth-order valence-electron chi connectivity index (χ4n) is 4.90. The third-order valence-corrected chi connectivity index (χ3v) is 6.75. The van der Waals surface area contributed by atoms with E-state index in [9.17, 15) is 15.0 Å². The Hall–Kier alpha value is -3.93. The van der Waals surface area contributed by atoms with Gasteiger partial charge >= 0.3 is 0 Å². The first-order chi connectivity index (χ1) is 16.9. The third-order valence-electron chi connectivity index (χ3n) is 6.75. The zero-order valence-corrected chi connectivity index (χ0v) is 19.9. The summed E-state index contributed by atoms with van der Waals surface area (Å²) in [5, 5.41) is 20.2. The highest BCUT2D eigenvalue weighted by Gasteiger charge is 2.30. The maximum absolute atomic E-state index is 12.0. The summed E-state index contributed by atoms with van der Waals surface area (Å²) < 4.78 is 12.4. The molecule has 0 bridgehead atoms. The molecule has 5 rings (SSSR count). The first-order valence-electron chi connectivity index (χ1n) is 11.9. The van der Waals surface area contributed by atoms with Crippen molar-refractivity contribution >= 4 is 17.1 Å². The number of rotatable bonds is 6. The number of hydrogen-bond acceptors (Lipinski definition) is 5. The highest BCUT2D eigenvalue weighted by atomic mass is 16.5. The summed E-state index contributed by atoms with van der Waals surface area (Å²) in [5.74, 6) is 1.97. The molecule has 1 amide bonds. The Morgan fingerprint density at radius 2 is 1.83 bits per heavy atom. The van der Waals surface area contributed by atoms with Gasteiger partial charge in [0, 0.05) is 24.1 Å². The number of ether oxygens (including phenoxy) is 2. The smallest absolute Gasteiger partial charge is 0.222 e. The molecule has 6 heteroatoms. The van der Waals surface area contributed by atoms with Gasteiger partial charge in [-0.25, -0.2) is 0 Å². The topological polar surface area (TPSA) is 79.2 Å². The number of allylic oxidation sites excluding steroid dienone is 1. The van der Waals surface area contributed by atoms with Crippen molar-refractivity contribution in [3.8, 4) is 23.0 Å². The number of amides is 1. The lowest BCUT2D eigenvalue weighted by Gasteiger charge is -2.31. The van der Waals surface area contributed by atoms with Crippen molar-refractivity contribution in [1.29, 1.82) is 0 Å². The highest BCUT2D eigenvalue weighted by molar-refractivity contribution is 5.95. The number of carbonyl (C=O) groups excluding carboxylic acids is 1. The molecule has 1 fully saturated rings. The number of phenolic OH excluding ortho intramolecular Hbond substituents is 2. The molecule has 0 spiro atoms. The lowest BCUT2D eigenvalue weighted by atomic mass is 9.86. The quantitative estimate of drug-likeness (QED) is 0.493. The van der Waals surface area contributed by atoms with Crippen LogP contribution in [0, 0.1) is 0 Å². The van der Waals surface area contributed by atoms with E-state index in [1.54, 1.807) is 30.3 Å². The molecule has 2 atom stereocenters. The number of hydrogen-bond donors (Lipinski definition) is 2. The third kappa shape index (κ3) is 4.56. The van der Waals surface area contributed by atoms with Crippen LogP contribution in [-0.2, 0) is 4.79 Å². The maximum atomic E-state index is 12.0. The van der Waals surface area contributed by atoms with Crippen LogP contribution in [0.5, 0.6) is 23.0 Å². The van der Waals surface area contributed by atoms with Crippen molar-refractivity contribution in [3.05, 3.63) is 83.4 Å². The molecule has 0 saturated carbocycles. The van der Waals surface area contributed by atoms with E-state index < -0.39 is 6.10 Å². The molecule has 2 unspecified atom stereocenters. The van der Waals surface area contributed by atoms with Crippen LogP contribution < -0.4 is 9.47 Å². The molecule has 3 aromatic carbocycles. The minimum absolute atomic E-state index is 0.0298. The van der Waals surface area contributed by atoms with Crippen molar-refractivity contribution in [2.45, 2.75) is 38.8 Å². The normalized spacial score (nSPS) is 18.3. The lowest BCUT2D eigenvalue weighted by Crippen LogP contribution is -2.38. The molecular weight excluding hydrogens is 442 g/mol. The summed E-state index contributed by atoms with van der Waals surface area (Å²) >= 11 is 0. The fourth-order valence-corrected chi connectivity index (χ4v) is 4.90. The van der Waals surface area contributed by atoms with Gasteiger partial charge in [0.15, 0.2) is 0 Å². The van der Waals surface area contributed by atoms with Crippen LogP contribution in [0.25, 0.3) is 11.1 Å². The fraction of sp³-hybridized carbons (Fsp3) is 0.276. The second kappa shape index (κ2) is 9.37. The standard InChI is InChI=1S/C29H29NO5/c1-18(30-14-4-7-27(30)33)17-34-24-11-8-20(9-12-24)29-28(21-5-3-6-22(31)15-21)19(2)25-16-23(32)10-13-26(25)35-29/h3,5-6,8-13,15-16,18,29,31-32H,4,7,14,17H2,1-2H3. The Balaban J connectivity index is 1.42. The Morgan fingerprint density at radius 3 is 2.54 bits per heavy atom. The highest BCUT2D eigenvalue weighted by Crippen LogP contribution is 2.47. The van der Waals surface area contributed by atoms with Crippen LogP contribution in [0.2, 0.25) is 0 Å². The molecule has 2 N–H and O–H groups in total. The lowest BCUT2D eigenvalue weighted by molar-refractivity contribution is -0.129. The molecule has 0 aromatic heterocycles. The number of carbonyl (C=O) groups is 1. The molecule has 0 aliphatic carbocycles. The van der Waals surface area contributed by atoms with Crippen LogP contribution in [0.15, 0.2) is 66.7 Å². The number of phenols is 2. The number of nitrogens with zero attached hydrogens (tertiary/aromatic N) is 1. The van der Waals surface area contributed by atoms with Crippen molar-refractivity contribution in [2.24, 2.45) is 0 Å². The van der Waals surface area contributed by atoms with E-state index in [-0.39, 0.29) is 23.4 Å². The first-order valence-corrected chi connectivity index (χ1v) is 11.9. The predicted molar refractivity (Wildman–Crippen MR) is 134 cm³/mol. The monoisotopic (exact) mass is 471 g/mol. The van der Waals surface area contributed by atoms with Gasteiger partial charge in [0.25, 0.3) is 0 Å². The van der Waals surface area contributed by atoms with Gasteiger partial charge in [0.05, 0.1) is 6.04 Å². The summed E-state index contributed by atoms with van der Waals surface area (Å²) in [5.41, 5.74) is 4.52. The summed E-state index contributed by atoms with van der Waals surface area (Å²) in [6, 6.07) is 20.0. The number of aromatic hydroxyl groups is 2. The Labute approximate surface area is 205 Å². The molecule has 2 aliphatic heterocycles. The zero-order chi connectivity index (χ0) is 24.5. The summed E-state index contributed by atoms with van der Waals surface area (Å²) in [7, 11) is 0. The number of fused-ring (bicyclic) bond motifs is 1. The van der Waals surface area contributed by atoms with Gasteiger partial charge < -0.3 is 24.6 Å². The molecule has 180 valence electrons. The van der Waals surface area contributed by atoms with Crippen LogP contribution in [0.1, 0.15) is 49.5 Å². The summed E-state index contributed by atoms with van der Waals surface area (Å²) in [4.78, 5) is 13.9. The van der Waals surface area contributed by atoms with Gasteiger partial charge in [0.1, 0.15) is 35.7 Å². The maximum Gasteiger partial charge on any atom is 0.222 e. The van der Waals surface area contributed by atoms with Gasteiger partial charge in [-0.1, -0.05) is 24.3 Å². The van der Waals surface area contributed by atoms with E-state index in [1.165, 1.54) is 0 Å². The Morgan fingerprint density at radius 1 is 1.06 bits per heavy atom. The van der Waals surface area contributed by atoms with Gasteiger partial charge in [0.2, 0.25) is 5.91 Å². The van der Waals surface area contributed by atoms with Crippen LogP contribution in [0.3, 0.4) is 0 Å². The average molecular weight is 472 g/mol. The van der Waals surface area contributed by atoms with E-state index in [2.05, 4.69) is 0 Å². The number of likely N-dealkylation sites (tertiary alicyclic amines) is 1. The average Bonchev–Trinajstić information content (AvgIpc) is 3.29. The van der Waals surface area contributed by atoms with Gasteiger partial charge in [-0.05, 0) is 79.4 Å². The van der Waals surface area contributed by atoms with E-state index >= 15 is 0 Å². The molecule has 3 aromatic rings. The van der Waals surface area contributed by atoms with E-state index in [1.807, 2.05) is 55.1 Å². The predicted octanol–water partition coefficient (Wildman–Crippen LogP) is 5.55. The second-order valence-electron chi connectivity index (χ2n) is 9.19.